The van der Waals surface area contributed by atoms with E-state index in [0.717, 1.165) is 30.4 Å². The standard InChI is InChI=1S/C14H13F3N2OS/c15-14(16,17)11-3-1-2-10(8-11)12-9-21-13(18-12)19-4-6-20-7-5-19/h1-3,8-9H,4-7H2. The molecule has 21 heavy (non-hydrogen) atoms. The molecule has 2 heterocycles. The Morgan fingerprint density at radius 1 is 1.19 bits per heavy atom. The van der Waals surface area contributed by atoms with Gasteiger partial charge in [0, 0.05) is 24.0 Å². The highest BCUT2D eigenvalue weighted by Crippen LogP contribution is 2.33. The Morgan fingerprint density at radius 2 is 1.95 bits per heavy atom. The van der Waals surface area contributed by atoms with Crippen LogP contribution in [0.5, 0.6) is 0 Å². The Morgan fingerprint density at radius 3 is 2.67 bits per heavy atom. The third-order valence-corrected chi connectivity index (χ3v) is 4.16. The number of hydrogen-bond acceptors (Lipinski definition) is 4. The maximum atomic E-state index is 12.7. The fourth-order valence-corrected chi connectivity index (χ4v) is 3.04. The molecular weight excluding hydrogens is 301 g/mol. The van der Waals surface area contributed by atoms with Crippen molar-refractivity contribution in [3.05, 3.63) is 35.2 Å². The zero-order valence-electron chi connectivity index (χ0n) is 11.1. The van der Waals surface area contributed by atoms with Gasteiger partial charge in [-0.05, 0) is 12.1 Å². The summed E-state index contributed by atoms with van der Waals surface area (Å²) in [6.45, 7) is 2.82. The Bertz CT molecular complexity index is 621. The molecular formula is C14H13F3N2OS. The predicted octanol–water partition coefficient (Wildman–Crippen LogP) is 3.67. The van der Waals surface area contributed by atoms with E-state index in [4.69, 9.17) is 4.74 Å². The van der Waals surface area contributed by atoms with Gasteiger partial charge in [-0.3, -0.25) is 0 Å². The first kappa shape index (κ1) is 14.3. The fourth-order valence-electron chi connectivity index (χ4n) is 2.15. The zero-order valence-corrected chi connectivity index (χ0v) is 11.9. The van der Waals surface area contributed by atoms with Crippen LogP contribution >= 0.6 is 11.3 Å². The minimum absolute atomic E-state index is 0.487. The molecule has 0 radical (unpaired) electrons. The average molecular weight is 314 g/mol. The van der Waals surface area contributed by atoms with Gasteiger partial charge in [0.15, 0.2) is 5.13 Å². The number of ether oxygens (including phenoxy) is 1. The smallest absolute Gasteiger partial charge is 0.378 e. The summed E-state index contributed by atoms with van der Waals surface area (Å²) >= 11 is 1.44. The lowest BCUT2D eigenvalue weighted by atomic mass is 10.1. The van der Waals surface area contributed by atoms with Gasteiger partial charge in [-0.1, -0.05) is 12.1 Å². The predicted molar refractivity (Wildman–Crippen MR) is 75.6 cm³/mol. The number of rotatable bonds is 2. The minimum atomic E-state index is -4.33. The Hall–Kier alpha value is -1.60. The first-order valence-electron chi connectivity index (χ1n) is 6.50. The third kappa shape index (κ3) is 3.19. The molecule has 1 aromatic heterocycles. The number of thiazole rings is 1. The maximum absolute atomic E-state index is 12.7. The van der Waals surface area contributed by atoms with Crippen molar-refractivity contribution in [1.29, 1.82) is 0 Å². The summed E-state index contributed by atoms with van der Waals surface area (Å²) in [5.41, 5.74) is 0.411. The Kier molecular flexibility index (Phi) is 3.86. The molecule has 1 aliphatic rings. The van der Waals surface area contributed by atoms with E-state index >= 15 is 0 Å². The molecule has 0 atom stereocenters. The van der Waals surface area contributed by atoms with Gasteiger partial charge in [-0.2, -0.15) is 13.2 Å². The van der Waals surface area contributed by atoms with Crippen LogP contribution in [0.2, 0.25) is 0 Å². The van der Waals surface area contributed by atoms with E-state index in [9.17, 15) is 13.2 Å². The molecule has 1 aliphatic heterocycles. The van der Waals surface area contributed by atoms with Crippen molar-refractivity contribution >= 4 is 16.5 Å². The van der Waals surface area contributed by atoms with Crippen molar-refractivity contribution in [2.24, 2.45) is 0 Å². The van der Waals surface area contributed by atoms with E-state index in [0.29, 0.717) is 24.5 Å². The number of hydrogen-bond donors (Lipinski definition) is 0. The van der Waals surface area contributed by atoms with Gasteiger partial charge in [0.2, 0.25) is 0 Å². The monoisotopic (exact) mass is 314 g/mol. The van der Waals surface area contributed by atoms with Crippen molar-refractivity contribution in [2.45, 2.75) is 6.18 Å². The lowest BCUT2D eigenvalue weighted by Crippen LogP contribution is -2.36. The van der Waals surface area contributed by atoms with Crippen LogP contribution in [0.4, 0.5) is 18.3 Å². The molecule has 3 rings (SSSR count). The van der Waals surface area contributed by atoms with Crippen LogP contribution in [0.15, 0.2) is 29.6 Å². The highest BCUT2D eigenvalue weighted by atomic mass is 32.1. The molecule has 112 valence electrons. The SMILES string of the molecule is FC(F)(F)c1cccc(-c2csc(N3CCOCC3)n2)c1. The van der Waals surface area contributed by atoms with Crippen LogP contribution in [0.1, 0.15) is 5.56 Å². The summed E-state index contributed by atoms with van der Waals surface area (Å²) in [6.07, 6.45) is -4.33. The number of benzene rings is 1. The van der Waals surface area contributed by atoms with Crippen LogP contribution in [-0.4, -0.2) is 31.3 Å². The van der Waals surface area contributed by atoms with Crippen molar-refractivity contribution in [2.75, 3.05) is 31.2 Å². The van der Waals surface area contributed by atoms with Crippen LogP contribution in [0, 0.1) is 0 Å². The molecule has 1 saturated heterocycles. The molecule has 0 N–H and O–H groups in total. The van der Waals surface area contributed by atoms with Crippen LogP contribution in [0.3, 0.4) is 0 Å². The largest absolute Gasteiger partial charge is 0.416 e. The second-order valence-electron chi connectivity index (χ2n) is 4.69. The van der Waals surface area contributed by atoms with Gasteiger partial charge >= 0.3 is 6.18 Å². The normalized spacial score (nSPS) is 16.2. The number of nitrogens with zero attached hydrogens (tertiary/aromatic N) is 2. The zero-order chi connectivity index (χ0) is 14.9. The van der Waals surface area contributed by atoms with Gasteiger partial charge in [0.1, 0.15) is 0 Å². The average Bonchev–Trinajstić information content (AvgIpc) is 2.97. The van der Waals surface area contributed by atoms with Crippen molar-refractivity contribution < 1.29 is 17.9 Å². The van der Waals surface area contributed by atoms with E-state index in [-0.39, 0.29) is 0 Å². The van der Waals surface area contributed by atoms with Gasteiger partial charge in [0.05, 0.1) is 24.5 Å². The van der Waals surface area contributed by atoms with Crippen LogP contribution in [-0.2, 0) is 10.9 Å². The molecule has 7 heteroatoms. The van der Waals surface area contributed by atoms with Gasteiger partial charge in [-0.15, -0.1) is 11.3 Å². The summed E-state index contributed by atoms with van der Waals surface area (Å²) in [5.74, 6) is 0. The Labute approximate surface area is 124 Å². The van der Waals surface area contributed by atoms with Crippen molar-refractivity contribution in [3.63, 3.8) is 0 Å². The number of aromatic nitrogens is 1. The lowest BCUT2D eigenvalue weighted by Gasteiger charge is -2.26. The van der Waals surface area contributed by atoms with Crippen LogP contribution < -0.4 is 4.90 Å². The molecule has 0 saturated carbocycles. The maximum Gasteiger partial charge on any atom is 0.416 e. The Balaban J connectivity index is 1.86. The molecule has 0 bridgehead atoms. The quantitative estimate of drug-likeness (QED) is 0.846. The lowest BCUT2D eigenvalue weighted by molar-refractivity contribution is -0.137. The van der Waals surface area contributed by atoms with E-state index in [2.05, 4.69) is 9.88 Å². The number of morpholine rings is 1. The first-order valence-corrected chi connectivity index (χ1v) is 7.38. The molecule has 2 aromatic rings. The summed E-state index contributed by atoms with van der Waals surface area (Å²) < 4.78 is 43.5. The molecule has 3 nitrogen and oxygen atoms in total. The van der Waals surface area contributed by atoms with Gasteiger partial charge in [0.25, 0.3) is 0 Å². The highest BCUT2D eigenvalue weighted by molar-refractivity contribution is 7.14. The highest BCUT2D eigenvalue weighted by Gasteiger charge is 2.30. The second kappa shape index (κ2) is 5.65. The van der Waals surface area contributed by atoms with Crippen molar-refractivity contribution in [1.82, 2.24) is 4.98 Å². The van der Waals surface area contributed by atoms with E-state index < -0.39 is 11.7 Å². The van der Waals surface area contributed by atoms with Gasteiger partial charge < -0.3 is 9.64 Å². The third-order valence-electron chi connectivity index (χ3n) is 3.26. The van der Waals surface area contributed by atoms with Gasteiger partial charge in [-0.25, -0.2) is 4.98 Å². The molecule has 1 fully saturated rings. The number of halogens is 3. The fraction of sp³-hybridized carbons (Fsp3) is 0.357. The topological polar surface area (TPSA) is 25.4 Å². The summed E-state index contributed by atoms with van der Waals surface area (Å²) in [7, 11) is 0. The summed E-state index contributed by atoms with van der Waals surface area (Å²) in [4.78, 5) is 6.54. The van der Waals surface area contributed by atoms with Crippen LogP contribution in [0.25, 0.3) is 11.3 Å². The summed E-state index contributed by atoms with van der Waals surface area (Å²) in [6, 6.07) is 5.26. The molecule has 1 aromatic carbocycles. The first-order chi connectivity index (χ1) is 10.0. The number of alkyl halides is 3. The summed E-state index contributed by atoms with van der Waals surface area (Å²) in [5, 5.41) is 2.62. The van der Waals surface area contributed by atoms with E-state index in [1.54, 1.807) is 11.4 Å². The van der Waals surface area contributed by atoms with Crippen molar-refractivity contribution in [3.8, 4) is 11.3 Å². The van der Waals surface area contributed by atoms with E-state index in [1.807, 2.05) is 0 Å². The molecule has 0 unspecified atom stereocenters. The van der Waals surface area contributed by atoms with E-state index in [1.165, 1.54) is 17.4 Å². The number of anilines is 1. The molecule has 0 amide bonds. The molecule has 0 aliphatic carbocycles. The second-order valence-corrected chi connectivity index (χ2v) is 5.53. The minimum Gasteiger partial charge on any atom is -0.378 e. The molecule has 0 spiro atoms.